The summed E-state index contributed by atoms with van der Waals surface area (Å²) in [5.41, 5.74) is 0. The van der Waals surface area contributed by atoms with Gasteiger partial charge in [-0.3, -0.25) is 0 Å². The molecular formula is C12H12O7S2Zn. The van der Waals surface area contributed by atoms with Crippen molar-refractivity contribution in [2.45, 2.75) is 9.79 Å². The molecule has 10 heteroatoms. The third-order valence-corrected chi connectivity index (χ3v) is 3.76. The molecule has 0 saturated carbocycles. The standard InChI is InChI=1S/2C6H6O3S.H2O.Zn/c2*7-10(8,9)6-4-2-1-3-5-6;;/h2*1-5H,(H,7,8,9);1H2;/q;;;+2/p-2. The van der Waals surface area contributed by atoms with Crippen molar-refractivity contribution in [3.8, 4) is 0 Å². The number of benzene rings is 2. The Morgan fingerprint density at radius 3 is 0.955 bits per heavy atom. The minimum Gasteiger partial charge on any atom is -0.744 e. The van der Waals surface area contributed by atoms with Gasteiger partial charge < -0.3 is 14.6 Å². The fourth-order valence-electron chi connectivity index (χ4n) is 1.17. The van der Waals surface area contributed by atoms with E-state index in [0.29, 0.717) is 0 Å². The summed E-state index contributed by atoms with van der Waals surface area (Å²) in [6.45, 7) is 0. The molecule has 0 aliphatic carbocycles. The monoisotopic (exact) mass is 396 g/mol. The first-order chi connectivity index (χ1) is 9.21. The molecule has 116 valence electrons. The van der Waals surface area contributed by atoms with Gasteiger partial charge in [-0.1, -0.05) is 36.4 Å². The molecule has 2 aromatic carbocycles. The SMILES string of the molecule is O.O=S(=O)([O-])c1ccccc1.O=S(=O)([O-])c1ccccc1.[Zn+2]. The van der Waals surface area contributed by atoms with E-state index in [-0.39, 0.29) is 34.7 Å². The van der Waals surface area contributed by atoms with E-state index in [1.807, 2.05) is 0 Å². The van der Waals surface area contributed by atoms with Gasteiger partial charge in [0.25, 0.3) is 0 Å². The Kier molecular flexibility index (Phi) is 10.3. The van der Waals surface area contributed by atoms with Crippen LogP contribution in [0.1, 0.15) is 0 Å². The van der Waals surface area contributed by atoms with Crippen LogP contribution >= 0.6 is 0 Å². The van der Waals surface area contributed by atoms with E-state index in [4.69, 9.17) is 0 Å². The Morgan fingerprint density at radius 2 is 0.818 bits per heavy atom. The summed E-state index contributed by atoms with van der Waals surface area (Å²) < 4.78 is 61.7. The number of hydrogen-bond acceptors (Lipinski definition) is 6. The van der Waals surface area contributed by atoms with E-state index in [2.05, 4.69) is 0 Å². The van der Waals surface area contributed by atoms with Gasteiger partial charge in [0.15, 0.2) is 0 Å². The largest absolute Gasteiger partial charge is 2.00 e. The van der Waals surface area contributed by atoms with Crippen molar-refractivity contribution in [1.29, 1.82) is 0 Å². The molecule has 0 aliphatic heterocycles. The zero-order valence-electron chi connectivity index (χ0n) is 11.2. The van der Waals surface area contributed by atoms with Crippen molar-refractivity contribution in [2.75, 3.05) is 0 Å². The molecule has 7 nitrogen and oxygen atoms in total. The molecule has 0 fully saturated rings. The second-order valence-corrected chi connectivity index (χ2v) is 6.29. The van der Waals surface area contributed by atoms with Crippen molar-refractivity contribution < 1.29 is 50.9 Å². The minimum atomic E-state index is -4.25. The first-order valence-electron chi connectivity index (χ1n) is 5.23. The average molecular weight is 398 g/mol. The molecule has 2 N–H and O–H groups in total. The molecule has 0 heterocycles. The van der Waals surface area contributed by atoms with Crippen molar-refractivity contribution in [1.82, 2.24) is 0 Å². The van der Waals surface area contributed by atoms with E-state index in [0.717, 1.165) is 0 Å². The van der Waals surface area contributed by atoms with Crippen LogP contribution in [-0.4, -0.2) is 31.4 Å². The fraction of sp³-hybridized carbons (Fsp3) is 0. The van der Waals surface area contributed by atoms with Crippen LogP contribution in [0.2, 0.25) is 0 Å². The quantitative estimate of drug-likeness (QED) is 0.528. The van der Waals surface area contributed by atoms with Crippen LogP contribution in [0.4, 0.5) is 0 Å². The molecule has 0 saturated heterocycles. The van der Waals surface area contributed by atoms with Crippen LogP contribution in [0.25, 0.3) is 0 Å². The van der Waals surface area contributed by atoms with Crippen LogP contribution in [0.15, 0.2) is 70.5 Å². The third-order valence-electron chi connectivity index (χ3n) is 2.06. The maximum absolute atomic E-state index is 10.3. The second-order valence-electron chi connectivity index (χ2n) is 3.53. The molecule has 0 spiro atoms. The molecule has 0 bridgehead atoms. The Labute approximate surface area is 141 Å². The van der Waals surface area contributed by atoms with Gasteiger partial charge in [-0.05, 0) is 24.3 Å². The van der Waals surface area contributed by atoms with Gasteiger partial charge in [0.2, 0.25) is 0 Å². The predicted molar refractivity (Wildman–Crippen MR) is 72.4 cm³/mol. The summed E-state index contributed by atoms with van der Waals surface area (Å²) in [5.74, 6) is 0. The Bertz CT molecular complexity index is 677. The molecule has 0 aliphatic rings. The molecular weight excluding hydrogens is 386 g/mol. The zero-order chi connectivity index (χ0) is 15.2. The van der Waals surface area contributed by atoms with E-state index < -0.39 is 20.2 Å². The summed E-state index contributed by atoms with van der Waals surface area (Å²) in [6.07, 6.45) is 0. The molecule has 22 heavy (non-hydrogen) atoms. The van der Waals surface area contributed by atoms with Crippen molar-refractivity contribution >= 4 is 20.2 Å². The Morgan fingerprint density at radius 1 is 0.591 bits per heavy atom. The third kappa shape index (κ3) is 8.33. The molecule has 0 atom stereocenters. The minimum absolute atomic E-state index is 0. The normalized spacial score (nSPS) is 10.3. The molecule has 2 rings (SSSR count). The van der Waals surface area contributed by atoms with Crippen molar-refractivity contribution in [2.24, 2.45) is 0 Å². The summed E-state index contributed by atoms with van der Waals surface area (Å²) in [5, 5.41) is 0. The van der Waals surface area contributed by atoms with Gasteiger partial charge in [-0.2, -0.15) is 0 Å². The van der Waals surface area contributed by atoms with Crippen LogP contribution < -0.4 is 0 Å². The van der Waals surface area contributed by atoms with Gasteiger partial charge in [-0.25, -0.2) is 16.8 Å². The molecule has 0 radical (unpaired) electrons. The average Bonchev–Trinajstić information content (AvgIpc) is 2.40. The van der Waals surface area contributed by atoms with E-state index >= 15 is 0 Å². The van der Waals surface area contributed by atoms with Crippen molar-refractivity contribution in [3.05, 3.63) is 60.7 Å². The summed E-state index contributed by atoms with van der Waals surface area (Å²) >= 11 is 0. The topological polar surface area (TPSA) is 146 Å². The number of hydrogen-bond donors (Lipinski definition) is 0. The van der Waals surface area contributed by atoms with Gasteiger partial charge >= 0.3 is 19.5 Å². The molecule has 0 aromatic heterocycles. The van der Waals surface area contributed by atoms with Crippen LogP contribution in [0, 0.1) is 0 Å². The fourth-order valence-corrected chi connectivity index (χ4v) is 2.16. The number of rotatable bonds is 2. The molecule has 0 amide bonds. The van der Waals surface area contributed by atoms with Gasteiger partial charge in [0.1, 0.15) is 20.2 Å². The smallest absolute Gasteiger partial charge is 0.744 e. The molecule has 2 aromatic rings. The van der Waals surface area contributed by atoms with Crippen LogP contribution in [0.3, 0.4) is 0 Å². The van der Waals surface area contributed by atoms with E-state index in [9.17, 15) is 25.9 Å². The summed E-state index contributed by atoms with van der Waals surface area (Å²) in [6, 6.07) is 14.4. The van der Waals surface area contributed by atoms with Gasteiger partial charge in [0, 0.05) is 0 Å². The van der Waals surface area contributed by atoms with Gasteiger partial charge in [0.05, 0.1) is 9.79 Å². The first kappa shape index (κ1) is 23.1. The summed E-state index contributed by atoms with van der Waals surface area (Å²) in [7, 11) is -8.51. The first-order valence-corrected chi connectivity index (χ1v) is 8.05. The maximum atomic E-state index is 10.3. The second kappa shape index (κ2) is 9.78. The Balaban J connectivity index is 0. The molecule has 0 unspecified atom stereocenters. The Hall–Kier alpha value is -1.16. The zero-order valence-corrected chi connectivity index (χ0v) is 15.8. The summed E-state index contributed by atoms with van der Waals surface area (Å²) in [4.78, 5) is -0.370. The van der Waals surface area contributed by atoms with Crippen LogP contribution in [-0.2, 0) is 39.7 Å². The van der Waals surface area contributed by atoms with Gasteiger partial charge in [-0.15, -0.1) is 0 Å². The predicted octanol–water partition coefficient (Wildman–Crippen LogP) is 0.354. The van der Waals surface area contributed by atoms with Crippen LogP contribution in [0.5, 0.6) is 0 Å². The maximum Gasteiger partial charge on any atom is 2.00 e. The van der Waals surface area contributed by atoms with E-state index in [1.165, 1.54) is 48.5 Å². The van der Waals surface area contributed by atoms with Crippen molar-refractivity contribution in [3.63, 3.8) is 0 Å². The van der Waals surface area contributed by atoms with E-state index in [1.54, 1.807) is 12.1 Å².